The van der Waals surface area contributed by atoms with Crippen molar-refractivity contribution in [2.45, 2.75) is 19.8 Å². The number of nitrogens with two attached hydrogens (primary N) is 1. The van der Waals surface area contributed by atoms with Gasteiger partial charge in [0, 0.05) is 20.1 Å². The molecule has 1 aromatic heterocycles. The van der Waals surface area contributed by atoms with Crippen molar-refractivity contribution in [3.8, 4) is 0 Å². The molecule has 0 aromatic carbocycles. The summed E-state index contributed by atoms with van der Waals surface area (Å²) in [7, 11) is 1.63. The molecule has 0 radical (unpaired) electrons. The van der Waals surface area contributed by atoms with Gasteiger partial charge in [0.2, 0.25) is 0 Å². The van der Waals surface area contributed by atoms with Gasteiger partial charge < -0.3 is 10.5 Å². The second-order valence-electron chi connectivity index (χ2n) is 3.02. The summed E-state index contributed by atoms with van der Waals surface area (Å²) >= 11 is 0. The number of hydrogen-bond donors (Lipinski definition) is 1. The van der Waals surface area contributed by atoms with Gasteiger partial charge in [-0.2, -0.15) is 0 Å². The maximum atomic E-state index is 13.0. The number of halogens is 1. The van der Waals surface area contributed by atoms with Crippen LogP contribution < -0.4 is 5.73 Å². The summed E-state index contributed by atoms with van der Waals surface area (Å²) in [5.74, 6) is -0.0381. The van der Waals surface area contributed by atoms with Crippen molar-refractivity contribution in [3.05, 3.63) is 17.3 Å². The summed E-state index contributed by atoms with van der Waals surface area (Å²) in [4.78, 5) is 7.83. The first-order valence-electron chi connectivity index (χ1n) is 4.42. The lowest BCUT2D eigenvalue weighted by Gasteiger charge is -2.04. The second-order valence-corrected chi connectivity index (χ2v) is 3.02. The van der Waals surface area contributed by atoms with E-state index in [1.165, 1.54) is 0 Å². The molecule has 0 unspecified atom stereocenters. The topological polar surface area (TPSA) is 61.0 Å². The highest BCUT2D eigenvalue weighted by atomic mass is 19.1. The molecule has 0 saturated heterocycles. The van der Waals surface area contributed by atoms with E-state index >= 15 is 0 Å². The van der Waals surface area contributed by atoms with Crippen LogP contribution in [0.3, 0.4) is 0 Å². The summed E-state index contributed by atoms with van der Waals surface area (Å²) in [6.07, 6.45) is 1.46. The Morgan fingerprint density at radius 1 is 1.43 bits per heavy atom. The van der Waals surface area contributed by atoms with Gasteiger partial charge in [-0.3, -0.25) is 0 Å². The quantitative estimate of drug-likeness (QED) is 0.737. The predicted octanol–water partition coefficient (Wildman–Crippen LogP) is 1.09. The van der Waals surface area contributed by atoms with Crippen LogP contribution in [-0.4, -0.2) is 23.7 Å². The summed E-state index contributed by atoms with van der Waals surface area (Å²) in [6.45, 7) is 2.22. The van der Waals surface area contributed by atoms with Crippen molar-refractivity contribution in [1.29, 1.82) is 0 Å². The van der Waals surface area contributed by atoms with Crippen LogP contribution >= 0.6 is 0 Å². The summed E-state index contributed by atoms with van der Waals surface area (Å²) < 4.78 is 17.9. The van der Waals surface area contributed by atoms with Gasteiger partial charge in [-0.15, -0.1) is 0 Å². The normalized spacial score (nSPS) is 10.5. The van der Waals surface area contributed by atoms with E-state index in [-0.39, 0.29) is 5.82 Å². The Bertz CT molecular complexity index is 294. The van der Waals surface area contributed by atoms with Crippen LogP contribution in [0.4, 0.5) is 10.2 Å². The van der Waals surface area contributed by atoms with Crippen LogP contribution in [0.15, 0.2) is 0 Å². The Labute approximate surface area is 82.3 Å². The van der Waals surface area contributed by atoms with Crippen LogP contribution in [0, 0.1) is 12.7 Å². The third-order valence-corrected chi connectivity index (χ3v) is 1.84. The zero-order valence-electron chi connectivity index (χ0n) is 8.38. The third-order valence-electron chi connectivity index (χ3n) is 1.84. The van der Waals surface area contributed by atoms with E-state index in [2.05, 4.69) is 9.97 Å². The molecule has 0 spiro atoms. The SMILES string of the molecule is COCCCc1nc(C)c(F)c(N)n1. The van der Waals surface area contributed by atoms with Crippen LogP contribution in [-0.2, 0) is 11.2 Å². The average Bonchev–Trinajstić information content (AvgIpc) is 2.14. The summed E-state index contributed by atoms with van der Waals surface area (Å²) in [5.41, 5.74) is 5.66. The summed E-state index contributed by atoms with van der Waals surface area (Å²) in [5, 5.41) is 0. The van der Waals surface area contributed by atoms with Crippen LogP contribution in [0.1, 0.15) is 17.9 Å². The zero-order chi connectivity index (χ0) is 10.6. The molecule has 0 aliphatic heterocycles. The summed E-state index contributed by atoms with van der Waals surface area (Å²) in [6, 6.07) is 0. The molecule has 1 aromatic rings. The van der Waals surface area contributed by atoms with E-state index in [4.69, 9.17) is 10.5 Å². The predicted molar refractivity (Wildman–Crippen MR) is 51.3 cm³/mol. The minimum absolute atomic E-state index is 0.0788. The van der Waals surface area contributed by atoms with E-state index in [1.54, 1.807) is 14.0 Å². The molecule has 0 fully saturated rings. The third kappa shape index (κ3) is 2.63. The second kappa shape index (κ2) is 4.85. The highest BCUT2D eigenvalue weighted by Crippen LogP contribution is 2.10. The number of nitrogen functional groups attached to an aromatic ring is 1. The minimum Gasteiger partial charge on any atom is -0.385 e. The number of nitrogens with zero attached hydrogens (tertiary/aromatic N) is 2. The maximum absolute atomic E-state index is 13.0. The molecule has 4 nitrogen and oxygen atoms in total. The number of aromatic nitrogens is 2. The van der Waals surface area contributed by atoms with E-state index in [9.17, 15) is 4.39 Å². The lowest BCUT2D eigenvalue weighted by molar-refractivity contribution is 0.194. The Balaban J connectivity index is 2.69. The van der Waals surface area contributed by atoms with Gasteiger partial charge in [0.1, 0.15) is 5.82 Å². The van der Waals surface area contributed by atoms with Crippen molar-refractivity contribution in [2.75, 3.05) is 19.5 Å². The Morgan fingerprint density at radius 3 is 2.71 bits per heavy atom. The highest BCUT2D eigenvalue weighted by Gasteiger charge is 2.07. The van der Waals surface area contributed by atoms with Crippen molar-refractivity contribution >= 4 is 5.82 Å². The number of rotatable bonds is 4. The van der Waals surface area contributed by atoms with Gasteiger partial charge in [0.25, 0.3) is 0 Å². The van der Waals surface area contributed by atoms with Gasteiger partial charge >= 0.3 is 0 Å². The van der Waals surface area contributed by atoms with Gasteiger partial charge in [-0.25, -0.2) is 14.4 Å². The number of methoxy groups -OCH3 is 1. The van der Waals surface area contributed by atoms with Gasteiger partial charge in [-0.05, 0) is 13.3 Å². The molecule has 0 aliphatic carbocycles. The van der Waals surface area contributed by atoms with Crippen molar-refractivity contribution in [1.82, 2.24) is 9.97 Å². The fourth-order valence-electron chi connectivity index (χ4n) is 1.13. The first kappa shape index (κ1) is 10.8. The zero-order valence-corrected chi connectivity index (χ0v) is 8.38. The molecule has 1 heterocycles. The molecular formula is C9H14FN3O. The van der Waals surface area contributed by atoms with Crippen molar-refractivity contribution in [3.63, 3.8) is 0 Å². The van der Waals surface area contributed by atoms with Gasteiger partial charge in [-0.1, -0.05) is 0 Å². The molecule has 0 amide bonds. The highest BCUT2D eigenvalue weighted by molar-refractivity contribution is 5.31. The molecular weight excluding hydrogens is 185 g/mol. The van der Waals surface area contributed by atoms with Crippen molar-refractivity contribution < 1.29 is 9.13 Å². The number of ether oxygens (including phenoxy) is 1. The Kier molecular flexibility index (Phi) is 3.76. The molecule has 5 heteroatoms. The van der Waals surface area contributed by atoms with E-state index in [0.29, 0.717) is 24.5 Å². The standard InChI is InChI=1S/C9H14FN3O/c1-6-8(10)9(11)13-7(12-6)4-3-5-14-2/h3-5H2,1-2H3,(H2,11,12,13). The van der Waals surface area contributed by atoms with Crippen LogP contribution in [0.25, 0.3) is 0 Å². The first-order valence-corrected chi connectivity index (χ1v) is 4.42. The molecule has 2 N–H and O–H groups in total. The largest absolute Gasteiger partial charge is 0.385 e. The maximum Gasteiger partial charge on any atom is 0.186 e. The van der Waals surface area contributed by atoms with Gasteiger partial charge in [0.15, 0.2) is 11.6 Å². The van der Waals surface area contributed by atoms with Crippen LogP contribution in [0.5, 0.6) is 0 Å². The first-order chi connectivity index (χ1) is 6.65. The average molecular weight is 199 g/mol. The molecule has 0 saturated carbocycles. The van der Waals surface area contributed by atoms with Crippen LogP contribution in [0.2, 0.25) is 0 Å². The smallest absolute Gasteiger partial charge is 0.186 e. The van der Waals surface area contributed by atoms with E-state index in [1.807, 2.05) is 0 Å². The fourth-order valence-corrected chi connectivity index (χ4v) is 1.13. The molecule has 1 rings (SSSR count). The number of hydrogen-bond acceptors (Lipinski definition) is 4. The van der Waals surface area contributed by atoms with Gasteiger partial charge in [0.05, 0.1) is 5.69 Å². The number of aryl methyl sites for hydroxylation is 2. The molecule has 0 bridgehead atoms. The number of anilines is 1. The Morgan fingerprint density at radius 2 is 2.14 bits per heavy atom. The monoisotopic (exact) mass is 199 g/mol. The fraction of sp³-hybridized carbons (Fsp3) is 0.556. The Hall–Kier alpha value is -1.23. The lowest BCUT2D eigenvalue weighted by atomic mass is 10.3. The van der Waals surface area contributed by atoms with Crippen molar-refractivity contribution in [2.24, 2.45) is 0 Å². The lowest BCUT2D eigenvalue weighted by Crippen LogP contribution is -2.06. The van der Waals surface area contributed by atoms with E-state index in [0.717, 1.165) is 6.42 Å². The molecule has 78 valence electrons. The molecule has 14 heavy (non-hydrogen) atoms. The minimum atomic E-state index is -0.527. The molecule has 0 aliphatic rings. The molecule has 0 atom stereocenters. The van der Waals surface area contributed by atoms with E-state index < -0.39 is 5.82 Å².